The van der Waals surface area contributed by atoms with Crippen LogP contribution in [-0.2, 0) is 11.3 Å². The molecule has 0 bridgehead atoms. The largest absolute Gasteiger partial charge is 0.419 e. The quantitative estimate of drug-likeness (QED) is 0.390. The molecule has 1 amide bonds. The Hall–Kier alpha value is -3.30. The van der Waals surface area contributed by atoms with E-state index in [-0.39, 0.29) is 25.5 Å². The van der Waals surface area contributed by atoms with E-state index in [1.807, 2.05) is 10.9 Å². The van der Waals surface area contributed by atoms with Crippen LogP contribution < -0.4 is 16.6 Å². The van der Waals surface area contributed by atoms with E-state index in [1.165, 1.54) is 4.57 Å². The summed E-state index contributed by atoms with van der Waals surface area (Å²) in [7, 11) is 0. The number of aryl methyl sites for hydroxylation is 1. The van der Waals surface area contributed by atoms with Crippen LogP contribution in [0.5, 0.6) is 0 Å². The first-order valence-electron chi connectivity index (χ1n) is 7.84. The van der Waals surface area contributed by atoms with E-state index in [0.717, 1.165) is 0 Å². The van der Waals surface area contributed by atoms with Crippen LogP contribution in [0.4, 0.5) is 23.2 Å². The highest BCUT2D eigenvalue weighted by Gasteiger charge is 2.19. The van der Waals surface area contributed by atoms with Gasteiger partial charge in [-0.2, -0.15) is 0 Å². The Morgan fingerprint density at radius 3 is 2.44 bits per heavy atom. The van der Waals surface area contributed by atoms with Crippen molar-refractivity contribution in [3.8, 4) is 0 Å². The average Bonchev–Trinajstić information content (AvgIpc) is 2.95. The van der Waals surface area contributed by atoms with Gasteiger partial charge in [0.1, 0.15) is 5.69 Å². The Morgan fingerprint density at radius 2 is 1.74 bits per heavy atom. The van der Waals surface area contributed by atoms with Crippen molar-refractivity contribution in [3.63, 3.8) is 0 Å². The van der Waals surface area contributed by atoms with E-state index in [9.17, 15) is 27.2 Å². The highest BCUT2D eigenvalue weighted by molar-refractivity contribution is 5.77. The lowest BCUT2D eigenvalue weighted by atomic mass is 10.2. The molecule has 1 aromatic heterocycles. The predicted octanol–water partition coefficient (Wildman–Crippen LogP) is 3.07. The minimum atomic E-state index is -1.66. The lowest BCUT2D eigenvalue weighted by Gasteiger charge is -2.11. The molecular weight excluding hydrogens is 370 g/mol. The number of nitrogens with one attached hydrogen (secondary N) is 2. The Balaban J connectivity index is 1.58. The number of nitrogens with zero attached hydrogens (tertiary/aromatic N) is 1. The van der Waals surface area contributed by atoms with Crippen molar-refractivity contribution in [3.05, 3.63) is 64.2 Å². The van der Waals surface area contributed by atoms with Gasteiger partial charge in [-0.3, -0.25) is 20.2 Å². The minimum absolute atomic E-state index is 0.0602. The molecule has 6 nitrogen and oxygen atoms in total. The molecule has 0 aliphatic heterocycles. The molecule has 27 heavy (non-hydrogen) atoms. The zero-order valence-corrected chi connectivity index (χ0v) is 13.7. The van der Waals surface area contributed by atoms with Gasteiger partial charge in [0.2, 0.25) is 5.91 Å². The van der Waals surface area contributed by atoms with Crippen molar-refractivity contribution in [1.82, 2.24) is 9.99 Å². The number of fused-ring (bicyclic) bond motifs is 1. The van der Waals surface area contributed by atoms with Gasteiger partial charge >= 0.3 is 5.76 Å². The molecule has 142 valence electrons. The third-order valence-corrected chi connectivity index (χ3v) is 3.80. The Bertz CT molecular complexity index is 1040. The summed E-state index contributed by atoms with van der Waals surface area (Å²) in [6, 6.07) is 6.81. The highest BCUT2D eigenvalue weighted by atomic mass is 19.2. The van der Waals surface area contributed by atoms with E-state index in [4.69, 9.17) is 4.42 Å². The van der Waals surface area contributed by atoms with Crippen molar-refractivity contribution >= 4 is 22.7 Å². The average molecular weight is 383 g/mol. The second-order valence-electron chi connectivity index (χ2n) is 5.61. The highest BCUT2D eigenvalue weighted by Crippen LogP contribution is 2.23. The van der Waals surface area contributed by atoms with Crippen LogP contribution in [0.3, 0.4) is 0 Å². The van der Waals surface area contributed by atoms with Gasteiger partial charge in [-0.1, -0.05) is 12.1 Å². The smallest absolute Gasteiger partial charge is 0.408 e. The topological polar surface area (TPSA) is 76.3 Å². The molecule has 2 aromatic carbocycles. The van der Waals surface area contributed by atoms with Gasteiger partial charge in [-0.15, -0.1) is 0 Å². The van der Waals surface area contributed by atoms with Crippen molar-refractivity contribution in [2.24, 2.45) is 0 Å². The molecule has 0 atom stereocenters. The maximum atomic E-state index is 13.5. The van der Waals surface area contributed by atoms with Crippen LogP contribution in [0.25, 0.3) is 11.1 Å². The number of oxazole rings is 1. The maximum Gasteiger partial charge on any atom is 0.419 e. The van der Waals surface area contributed by atoms with E-state index in [0.29, 0.717) is 11.1 Å². The minimum Gasteiger partial charge on any atom is -0.408 e. The second kappa shape index (κ2) is 7.52. The number of hydrogen-bond acceptors (Lipinski definition) is 4. The number of hydrogen-bond donors (Lipinski definition) is 2. The normalized spacial score (nSPS) is 11.0. The molecule has 0 radical (unpaired) electrons. The van der Waals surface area contributed by atoms with Gasteiger partial charge in [0, 0.05) is 19.0 Å². The fourth-order valence-electron chi connectivity index (χ4n) is 2.50. The van der Waals surface area contributed by atoms with Gasteiger partial charge in [-0.25, -0.2) is 22.4 Å². The lowest BCUT2D eigenvalue weighted by molar-refractivity contribution is -0.120. The number of hydrazine groups is 1. The van der Waals surface area contributed by atoms with Gasteiger partial charge in [-0.05, 0) is 18.6 Å². The van der Waals surface area contributed by atoms with Crippen molar-refractivity contribution in [2.45, 2.75) is 19.4 Å². The van der Waals surface area contributed by atoms with E-state index < -0.39 is 40.6 Å². The summed E-state index contributed by atoms with van der Waals surface area (Å²) in [4.78, 5) is 23.6. The zero-order chi connectivity index (χ0) is 19.6. The van der Waals surface area contributed by atoms with Gasteiger partial charge < -0.3 is 4.42 Å². The fraction of sp³-hybridized carbons (Fsp3) is 0.176. The number of carbonyl (C=O) groups excluding carboxylic acids is 1. The van der Waals surface area contributed by atoms with Gasteiger partial charge in [0.05, 0.1) is 5.52 Å². The molecule has 2 N–H and O–H groups in total. The molecule has 3 aromatic rings. The molecule has 0 spiro atoms. The monoisotopic (exact) mass is 383 g/mol. The first-order chi connectivity index (χ1) is 12.9. The number of benzene rings is 2. The van der Waals surface area contributed by atoms with Crippen molar-refractivity contribution < 1.29 is 26.8 Å². The first kappa shape index (κ1) is 18.5. The molecular formula is C17H13F4N3O3. The van der Waals surface area contributed by atoms with Crippen molar-refractivity contribution in [2.75, 3.05) is 5.43 Å². The lowest BCUT2D eigenvalue weighted by Crippen LogP contribution is -2.31. The summed E-state index contributed by atoms with van der Waals surface area (Å²) in [5.41, 5.74) is 3.62. The molecule has 0 saturated heterocycles. The third-order valence-electron chi connectivity index (χ3n) is 3.80. The van der Waals surface area contributed by atoms with E-state index in [2.05, 4.69) is 0 Å². The van der Waals surface area contributed by atoms with Crippen LogP contribution in [0, 0.1) is 23.3 Å². The molecule has 1 heterocycles. The summed E-state index contributed by atoms with van der Waals surface area (Å²) >= 11 is 0. The third kappa shape index (κ3) is 3.78. The number of halogens is 4. The second-order valence-corrected chi connectivity index (χ2v) is 5.61. The van der Waals surface area contributed by atoms with Crippen molar-refractivity contribution in [1.29, 1.82) is 0 Å². The fourth-order valence-corrected chi connectivity index (χ4v) is 2.50. The maximum absolute atomic E-state index is 13.5. The van der Waals surface area contributed by atoms with E-state index in [1.54, 1.807) is 24.3 Å². The Labute approximate surface area is 149 Å². The Kier molecular flexibility index (Phi) is 5.15. The van der Waals surface area contributed by atoms with Crippen LogP contribution in [-0.4, -0.2) is 10.5 Å². The number of aromatic nitrogens is 1. The van der Waals surface area contributed by atoms with Crippen LogP contribution >= 0.6 is 0 Å². The van der Waals surface area contributed by atoms with Crippen LogP contribution in [0.15, 0.2) is 39.5 Å². The van der Waals surface area contributed by atoms with Gasteiger partial charge in [0.15, 0.2) is 28.9 Å². The molecule has 10 heteroatoms. The van der Waals surface area contributed by atoms with Crippen LogP contribution in [0.1, 0.15) is 12.8 Å². The standard InChI is InChI=1S/C17H13F4N3O3/c18-9-8-10(19)15(21)16(14(9)20)23-22-13(25)6-3-7-24-11-4-1-2-5-12(11)27-17(24)26/h1-2,4-5,8,23H,3,6-7H2,(H,22,25). The summed E-state index contributed by atoms with van der Waals surface area (Å²) in [5.74, 6) is -7.79. The first-order valence-corrected chi connectivity index (χ1v) is 7.84. The number of amides is 1. The van der Waals surface area contributed by atoms with E-state index >= 15 is 0 Å². The SMILES string of the molecule is O=C(CCCn1c(=O)oc2ccccc21)NNc1c(F)c(F)cc(F)c1F. The molecule has 0 saturated carbocycles. The Morgan fingerprint density at radius 1 is 1.07 bits per heavy atom. The predicted molar refractivity (Wildman–Crippen MR) is 87.7 cm³/mol. The zero-order valence-electron chi connectivity index (χ0n) is 13.7. The summed E-state index contributed by atoms with van der Waals surface area (Å²) in [5, 5.41) is 0. The molecule has 0 fully saturated rings. The summed E-state index contributed by atoms with van der Waals surface area (Å²) < 4.78 is 59.5. The number of carbonyl (C=O) groups is 1. The summed E-state index contributed by atoms with van der Waals surface area (Å²) in [6.45, 7) is 0.167. The molecule has 3 rings (SSSR count). The molecule has 0 aliphatic carbocycles. The van der Waals surface area contributed by atoms with Gasteiger partial charge in [0.25, 0.3) is 0 Å². The summed E-state index contributed by atoms with van der Waals surface area (Å²) in [6.07, 6.45) is 0.0827. The number of anilines is 1. The van der Waals surface area contributed by atoms with Crippen LogP contribution in [0.2, 0.25) is 0 Å². The molecule has 0 unspecified atom stereocenters. The molecule has 0 aliphatic rings. The number of rotatable bonds is 6. The number of para-hydroxylation sites is 2.